The molecular weight excluding hydrogens is 351 g/mol. The molecule has 12 nitrogen and oxygen atoms in total. The molecule has 2 aromatic rings. The Kier molecular flexibility index (Phi) is 3.46. The van der Waals surface area contributed by atoms with Gasteiger partial charge in [0.1, 0.15) is 11.7 Å². The Morgan fingerprint density at radius 2 is 2.35 bits per heavy atom. The van der Waals surface area contributed by atoms with Gasteiger partial charge >= 0.3 is 0 Å². The molecule has 2 aliphatic rings. The Morgan fingerprint density at radius 3 is 3.04 bits per heavy atom. The molecule has 2 fully saturated rings. The number of ether oxygens (including phenoxy) is 2. The fourth-order valence-corrected chi connectivity index (χ4v) is 3.45. The van der Waals surface area contributed by atoms with E-state index in [0.29, 0.717) is 6.61 Å². The summed E-state index contributed by atoms with van der Waals surface area (Å²) in [5.74, 6) is 0.0265. The molecule has 138 valence electrons. The molecular formula is C13H15FN8O4. The summed E-state index contributed by atoms with van der Waals surface area (Å²) in [6.45, 7) is 1.64. The maximum absolute atomic E-state index is 14.9. The van der Waals surface area contributed by atoms with Crippen molar-refractivity contribution in [1.82, 2.24) is 19.5 Å². The molecule has 0 bridgehead atoms. The molecule has 4 rings (SSSR count). The number of aliphatic hydroxyl groups excluding tert-OH is 1. The maximum atomic E-state index is 14.9. The van der Waals surface area contributed by atoms with Crippen LogP contribution in [-0.2, 0) is 4.74 Å². The number of nitrogens with zero attached hydrogens (tertiary/aromatic N) is 7. The van der Waals surface area contributed by atoms with Crippen LogP contribution in [-0.4, -0.2) is 66.4 Å². The van der Waals surface area contributed by atoms with Crippen molar-refractivity contribution in [3.8, 4) is 5.88 Å². The first kappa shape index (κ1) is 16.7. The Labute approximate surface area is 145 Å². The highest BCUT2D eigenvalue weighted by atomic mass is 19.1. The van der Waals surface area contributed by atoms with E-state index < -0.39 is 36.3 Å². The average molecular weight is 366 g/mol. The summed E-state index contributed by atoms with van der Waals surface area (Å²) >= 11 is 0. The topological polar surface area (TPSA) is 177 Å². The zero-order valence-electron chi connectivity index (χ0n) is 13.5. The number of hydrogen-bond donors (Lipinski definition) is 3. The number of alkyl halides is 1. The summed E-state index contributed by atoms with van der Waals surface area (Å²) in [4.78, 5) is 14.7. The van der Waals surface area contributed by atoms with Crippen LogP contribution >= 0.6 is 0 Å². The van der Waals surface area contributed by atoms with Crippen LogP contribution in [0.4, 0.5) is 10.3 Å². The quantitative estimate of drug-likeness (QED) is 0.371. The fraction of sp³-hybridized carbons (Fsp3) is 0.615. The van der Waals surface area contributed by atoms with Crippen molar-refractivity contribution in [2.45, 2.75) is 36.6 Å². The molecule has 1 aliphatic heterocycles. The van der Waals surface area contributed by atoms with Gasteiger partial charge in [0, 0.05) is 4.91 Å². The number of halogens is 1. The van der Waals surface area contributed by atoms with Gasteiger partial charge < -0.3 is 25.4 Å². The third-order valence-corrected chi connectivity index (χ3v) is 4.79. The monoisotopic (exact) mass is 366 g/mol. The molecule has 0 aromatic carbocycles. The summed E-state index contributed by atoms with van der Waals surface area (Å²) in [5.41, 5.74) is 10.6. The van der Waals surface area contributed by atoms with Crippen molar-refractivity contribution in [1.29, 1.82) is 0 Å². The molecule has 13 heteroatoms. The first-order valence-corrected chi connectivity index (χ1v) is 7.76. The molecule has 0 spiro atoms. The standard InChI is InChI=1S/C13H15FN8O4/c1-2-25-8-5-7(19-11(15)20-8)22(4-17-5)9-6(14)13(24)10(23)12(13,26-9)3-18-21-16/h4,6,9-10,23-24H,2-3H2,1H3,(H2,15,19,20)/t6-,9+,10?,12+,13-/m0/s1. The summed E-state index contributed by atoms with van der Waals surface area (Å²) in [7, 11) is 0. The van der Waals surface area contributed by atoms with Gasteiger partial charge in [0.15, 0.2) is 29.2 Å². The molecule has 26 heavy (non-hydrogen) atoms. The summed E-state index contributed by atoms with van der Waals surface area (Å²) in [6, 6.07) is 0. The van der Waals surface area contributed by atoms with E-state index in [9.17, 15) is 14.6 Å². The molecule has 5 atom stereocenters. The Hall–Kier alpha value is -2.73. The van der Waals surface area contributed by atoms with Gasteiger partial charge in [0.2, 0.25) is 11.8 Å². The van der Waals surface area contributed by atoms with Crippen LogP contribution < -0.4 is 10.5 Å². The Morgan fingerprint density at radius 1 is 1.58 bits per heavy atom. The number of fused-ring (bicyclic) bond motifs is 2. The van der Waals surface area contributed by atoms with E-state index in [4.69, 9.17) is 20.7 Å². The first-order valence-electron chi connectivity index (χ1n) is 7.76. The largest absolute Gasteiger partial charge is 0.476 e. The number of imidazole rings is 1. The van der Waals surface area contributed by atoms with Crippen molar-refractivity contribution in [3.63, 3.8) is 0 Å². The number of aliphatic hydroxyl groups is 2. The van der Waals surface area contributed by atoms with Gasteiger partial charge in [-0.2, -0.15) is 9.97 Å². The van der Waals surface area contributed by atoms with Gasteiger partial charge in [-0.3, -0.25) is 4.57 Å². The minimum Gasteiger partial charge on any atom is -0.476 e. The normalized spacial score (nSPS) is 35.2. The van der Waals surface area contributed by atoms with Crippen LogP contribution in [0.1, 0.15) is 13.2 Å². The van der Waals surface area contributed by atoms with Gasteiger partial charge in [0.05, 0.1) is 19.5 Å². The fourth-order valence-electron chi connectivity index (χ4n) is 3.45. The molecule has 1 aliphatic carbocycles. The number of aromatic nitrogens is 4. The number of anilines is 1. The molecule has 1 saturated heterocycles. The molecule has 4 N–H and O–H groups in total. The van der Waals surface area contributed by atoms with Gasteiger partial charge in [-0.25, -0.2) is 9.37 Å². The molecule has 1 unspecified atom stereocenters. The highest BCUT2D eigenvalue weighted by Gasteiger charge is 2.87. The SMILES string of the molecule is CCOc1nc(N)nc2c1ncn2[C@@H]1O[C@]2(CN=[N+]=[N-])C(O)[C@@]2(O)[C@H]1F. The van der Waals surface area contributed by atoms with Crippen LogP contribution in [0.25, 0.3) is 21.6 Å². The van der Waals surface area contributed by atoms with E-state index in [0.717, 1.165) is 0 Å². The molecule has 0 amide bonds. The van der Waals surface area contributed by atoms with E-state index >= 15 is 0 Å². The third kappa shape index (κ3) is 1.88. The lowest BCUT2D eigenvalue weighted by Crippen LogP contribution is -2.33. The predicted octanol–water partition coefficient (Wildman–Crippen LogP) is -0.171. The average Bonchev–Trinajstić information content (AvgIpc) is 2.92. The highest BCUT2D eigenvalue weighted by Crippen LogP contribution is 2.63. The summed E-state index contributed by atoms with van der Waals surface area (Å²) in [6.07, 6.45) is -3.64. The lowest BCUT2D eigenvalue weighted by molar-refractivity contribution is -0.0867. The second-order valence-corrected chi connectivity index (χ2v) is 6.06. The summed E-state index contributed by atoms with van der Waals surface area (Å²) in [5, 5.41) is 23.7. The predicted molar refractivity (Wildman–Crippen MR) is 83.6 cm³/mol. The number of rotatable bonds is 5. The van der Waals surface area contributed by atoms with Gasteiger partial charge in [-0.1, -0.05) is 5.11 Å². The second kappa shape index (κ2) is 5.38. The Bertz CT molecular complexity index is 932. The van der Waals surface area contributed by atoms with Crippen LogP contribution in [0.3, 0.4) is 0 Å². The molecule has 2 aromatic heterocycles. The smallest absolute Gasteiger partial charge is 0.247 e. The zero-order chi connectivity index (χ0) is 18.7. The molecule has 0 radical (unpaired) electrons. The van der Waals surface area contributed by atoms with Crippen molar-refractivity contribution >= 4 is 17.1 Å². The third-order valence-electron chi connectivity index (χ3n) is 4.79. The number of azide groups is 1. The lowest BCUT2D eigenvalue weighted by atomic mass is 10.1. The van der Waals surface area contributed by atoms with E-state index in [1.54, 1.807) is 6.92 Å². The number of nitrogen functional groups attached to an aromatic ring is 1. The van der Waals surface area contributed by atoms with E-state index in [-0.39, 0.29) is 23.0 Å². The Balaban J connectivity index is 1.77. The van der Waals surface area contributed by atoms with E-state index in [1.807, 2.05) is 0 Å². The first-order chi connectivity index (χ1) is 12.4. The van der Waals surface area contributed by atoms with Crippen LogP contribution in [0.5, 0.6) is 5.88 Å². The van der Waals surface area contributed by atoms with Crippen LogP contribution in [0.2, 0.25) is 0 Å². The van der Waals surface area contributed by atoms with Crippen molar-refractivity contribution in [3.05, 3.63) is 16.8 Å². The van der Waals surface area contributed by atoms with Gasteiger partial charge in [0.25, 0.3) is 0 Å². The van der Waals surface area contributed by atoms with Crippen molar-refractivity contribution in [2.24, 2.45) is 5.11 Å². The number of nitrogens with two attached hydrogens (primary N) is 1. The highest BCUT2D eigenvalue weighted by molar-refractivity contribution is 5.77. The lowest BCUT2D eigenvalue weighted by Gasteiger charge is -2.21. The van der Waals surface area contributed by atoms with Gasteiger partial charge in [-0.05, 0) is 12.5 Å². The molecule has 3 heterocycles. The zero-order valence-corrected chi connectivity index (χ0v) is 13.5. The maximum Gasteiger partial charge on any atom is 0.247 e. The van der Waals surface area contributed by atoms with Gasteiger partial charge in [-0.15, -0.1) is 0 Å². The number of hydrogen-bond acceptors (Lipinski definition) is 9. The minimum atomic E-state index is -2.19. The van der Waals surface area contributed by atoms with Crippen molar-refractivity contribution < 1.29 is 24.1 Å². The van der Waals surface area contributed by atoms with E-state index in [2.05, 4.69) is 25.0 Å². The second-order valence-electron chi connectivity index (χ2n) is 6.06. The van der Waals surface area contributed by atoms with Crippen molar-refractivity contribution in [2.75, 3.05) is 18.9 Å². The minimum absolute atomic E-state index is 0.108. The van der Waals surface area contributed by atoms with Crippen LogP contribution in [0.15, 0.2) is 11.4 Å². The summed E-state index contributed by atoms with van der Waals surface area (Å²) < 4.78 is 27.1. The molecule has 1 saturated carbocycles. The van der Waals surface area contributed by atoms with Crippen LogP contribution in [0, 0.1) is 0 Å². The van der Waals surface area contributed by atoms with E-state index in [1.165, 1.54) is 10.9 Å².